The zero-order chi connectivity index (χ0) is 23.3. The fraction of sp³-hybridized carbons (Fsp3) is 0.520. The van der Waals surface area contributed by atoms with E-state index in [0.717, 1.165) is 36.7 Å². The zero-order valence-electron chi connectivity index (χ0n) is 19.0. The van der Waals surface area contributed by atoms with Crippen LogP contribution in [0.2, 0.25) is 0 Å². The van der Waals surface area contributed by atoms with Crippen LogP contribution in [-0.2, 0) is 19.6 Å². The molecule has 0 saturated carbocycles. The van der Waals surface area contributed by atoms with Gasteiger partial charge in [0, 0.05) is 45.1 Å². The highest BCUT2D eigenvalue weighted by molar-refractivity contribution is 7.89. The first-order valence-electron chi connectivity index (χ1n) is 12.0. The molecule has 0 spiro atoms. The molecule has 178 valence electrons. The molecule has 0 unspecified atom stereocenters. The van der Waals surface area contributed by atoms with E-state index in [0.29, 0.717) is 25.9 Å². The van der Waals surface area contributed by atoms with Crippen molar-refractivity contribution in [2.75, 3.05) is 32.7 Å². The topological polar surface area (TPSA) is 86.8 Å². The number of nitrogens with zero attached hydrogens (tertiary/aromatic N) is 2. The third kappa shape index (κ3) is 5.92. The van der Waals surface area contributed by atoms with Crippen LogP contribution in [0.25, 0.3) is 10.8 Å². The lowest BCUT2D eigenvalue weighted by Gasteiger charge is -2.34. The molecular weight excluding hydrogens is 438 g/mol. The first kappa shape index (κ1) is 23.7. The summed E-state index contributed by atoms with van der Waals surface area (Å²) in [6, 6.07) is 12.6. The van der Waals surface area contributed by atoms with Gasteiger partial charge < -0.3 is 9.80 Å². The maximum atomic E-state index is 12.8. The van der Waals surface area contributed by atoms with E-state index >= 15 is 0 Å². The molecule has 2 heterocycles. The molecule has 2 aliphatic rings. The van der Waals surface area contributed by atoms with Gasteiger partial charge in [-0.15, -0.1) is 0 Å². The molecule has 0 aliphatic carbocycles. The molecule has 2 aliphatic heterocycles. The van der Waals surface area contributed by atoms with Crippen molar-refractivity contribution in [1.29, 1.82) is 0 Å². The van der Waals surface area contributed by atoms with Crippen molar-refractivity contribution < 1.29 is 18.0 Å². The number of carbonyl (C=O) groups excluding carboxylic acids is 2. The van der Waals surface area contributed by atoms with Crippen molar-refractivity contribution in [3.63, 3.8) is 0 Å². The fourth-order valence-electron chi connectivity index (χ4n) is 4.79. The highest BCUT2D eigenvalue weighted by atomic mass is 32.2. The molecule has 2 aromatic rings. The Morgan fingerprint density at radius 2 is 1.52 bits per heavy atom. The Morgan fingerprint density at radius 3 is 2.21 bits per heavy atom. The van der Waals surface area contributed by atoms with Gasteiger partial charge in [-0.2, -0.15) is 0 Å². The number of carbonyl (C=O) groups is 2. The minimum atomic E-state index is -3.68. The maximum absolute atomic E-state index is 12.8. The van der Waals surface area contributed by atoms with Gasteiger partial charge in [-0.3, -0.25) is 9.59 Å². The summed E-state index contributed by atoms with van der Waals surface area (Å²) >= 11 is 0. The van der Waals surface area contributed by atoms with Crippen LogP contribution in [0.15, 0.2) is 47.4 Å². The average Bonchev–Trinajstić information content (AvgIpc) is 3.13. The molecule has 2 aromatic carbocycles. The van der Waals surface area contributed by atoms with Gasteiger partial charge in [0.2, 0.25) is 21.8 Å². The number of fused-ring (bicyclic) bond motifs is 1. The lowest BCUT2D eigenvalue weighted by atomic mass is 9.95. The molecule has 0 aromatic heterocycles. The summed E-state index contributed by atoms with van der Waals surface area (Å²) in [5.74, 6) is 0.169. The molecule has 33 heavy (non-hydrogen) atoms. The monoisotopic (exact) mass is 471 g/mol. The summed E-state index contributed by atoms with van der Waals surface area (Å²) in [6.45, 7) is 2.88. The maximum Gasteiger partial charge on any atom is 0.240 e. The number of benzene rings is 2. The second kappa shape index (κ2) is 10.7. The van der Waals surface area contributed by atoms with E-state index in [1.165, 1.54) is 12.8 Å². The number of nitrogens with one attached hydrogen (secondary N) is 1. The van der Waals surface area contributed by atoms with Gasteiger partial charge in [0.1, 0.15) is 0 Å². The van der Waals surface area contributed by atoms with Crippen molar-refractivity contribution in [2.45, 2.75) is 49.8 Å². The largest absolute Gasteiger partial charge is 0.343 e. The van der Waals surface area contributed by atoms with E-state index in [4.69, 9.17) is 0 Å². The number of likely N-dealkylation sites (tertiary alicyclic amines) is 2. The third-order valence-corrected chi connectivity index (χ3v) is 8.24. The molecule has 7 nitrogen and oxygen atoms in total. The van der Waals surface area contributed by atoms with Gasteiger partial charge in [-0.05, 0) is 48.6 Å². The highest BCUT2D eigenvalue weighted by Crippen LogP contribution is 2.22. The Bertz CT molecular complexity index is 1090. The summed E-state index contributed by atoms with van der Waals surface area (Å²) < 4.78 is 27.8. The summed E-state index contributed by atoms with van der Waals surface area (Å²) in [4.78, 5) is 29.4. The zero-order valence-corrected chi connectivity index (χ0v) is 19.9. The average molecular weight is 472 g/mol. The predicted molar refractivity (Wildman–Crippen MR) is 128 cm³/mol. The van der Waals surface area contributed by atoms with Crippen LogP contribution in [0.1, 0.15) is 44.9 Å². The lowest BCUT2D eigenvalue weighted by molar-refractivity contribution is -0.140. The Morgan fingerprint density at radius 1 is 0.848 bits per heavy atom. The van der Waals surface area contributed by atoms with E-state index in [1.54, 1.807) is 23.1 Å². The third-order valence-electron chi connectivity index (χ3n) is 6.78. The van der Waals surface area contributed by atoms with E-state index in [2.05, 4.69) is 4.72 Å². The van der Waals surface area contributed by atoms with Crippen LogP contribution < -0.4 is 4.72 Å². The Balaban J connectivity index is 1.24. The second-order valence-electron chi connectivity index (χ2n) is 9.05. The predicted octanol–water partition coefficient (Wildman–Crippen LogP) is 3.15. The molecule has 1 N–H and O–H groups in total. The molecular formula is C25H33N3O4S. The van der Waals surface area contributed by atoms with Gasteiger partial charge >= 0.3 is 0 Å². The number of piperidine rings is 1. The van der Waals surface area contributed by atoms with E-state index in [9.17, 15) is 18.0 Å². The Hall–Kier alpha value is -2.45. The summed E-state index contributed by atoms with van der Waals surface area (Å²) in [6.07, 6.45) is 6.03. The molecule has 0 atom stereocenters. The van der Waals surface area contributed by atoms with Gasteiger partial charge in [-0.1, -0.05) is 43.2 Å². The van der Waals surface area contributed by atoms with Crippen molar-refractivity contribution in [2.24, 2.45) is 5.92 Å². The summed E-state index contributed by atoms with van der Waals surface area (Å²) in [5, 5.41) is 1.83. The molecule has 2 fully saturated rings. The van der Waals surface area contributed by atoms with Crippen LogP contribution in [0.3, 0.4) is 0 Å². The molecule has 2 amide bonds. The fourth-order valence-corrected chi connectivity index (χ4v) is 5.86. The molecule has 0 bridgehead atoms. The van der Waals surface area contributed by atoms with E-state index in [1.807, 2.05) is 29.2 Å². The SMILES string of the molecule is O=C(CCNS(=O)(=O)c1ccc2ccccc2c1)N1CCC(C(=O)N2CCCCCC2)CC1. The Labute approximate surface area is 196 Å². The highest BCUT2D eigenvalue weighted by Gasteiger charge is 2.30. The van der Waals surface area contributed by atoms with Gasteiger partial charge in [0.05, 0.1) is 4.90 Å². The van der Waals surface area contributed by atoms with Gasteiger partial charge in [0.15, 0.2) is 0 Å². The molecule has 8 heteroatoms. The number of rotatable bonds is 6. The summed E-state index contributed by atoms with van der Waals surface area (Å²) in [7, 11) is -3.68. The van der Waals surface area contributed by atoms with Crippen molar-refractivity contribution >= 4 is 32.6 Å². The molecule has 0 radical (unpaired) electrons. The number of hydrogen-bond acceptors (Lipinski definition) is 4. The van der Waals surface area contributed by atoms with Crippen LogP contribution in [0.4, 0.5) is 0 Å². The van der Waals surface area contributed by atoms with E-state index in [-0.39, 0.29) is 35.6 Å². The van der Waals surface area contributed by atoms with Crippen molar-refractivity contribution in [3.05, 3.63) is 42.5 Å². The minimum absolute atomic E-state index is 0.00134. The van der Waals surface area contributed by atoms with Gasteiger partial charge in [0.25, 0.3) is 0 Å². The van der Waals surface area contributed by atoms with Crippen LogP contribution >= 0.6 is 0 Å². The number of hydrogen-bond donors (Lipinski definition) is 1. The van der Waals surface area contributed by atoms with Gasteiger partial charge in [-0.25, -0.2) is 13.1 Å². The first-order valence-corrected chi connectivity index (χ1v) is 13.5. The quantitative estimate of drug-likeness (QED) is 0.701. The molecule has 2 saturated heterocycles. The minimum Gasteiger partial charge on any atom is -0.343 e. The summed E-state index contributed by atoms with van der Waals surface area (Å²) in [5.41, 5.74) is 0. The van der Waals surface area contributed by atoms with Crippen LogP contribution in [0.5, 0.6) is 0 Å². The van der Waals surface area contributed by atoms with Crippen molar-refractivity contribution in [1.82, 2.24) is 14.5 Å². The van der Waals surface area contributed by atoms with E-state index < -0.39 is 10.0 Å². The van der Waals surface area contributed by atoms with Crippen LogP contribution in [0, 0.1) is 5.92 Å². The first-order chi connectivity index (χ1) is 15.9. The second-order valence-corrected chi connectivity index (χ2v) is 10.8. The Kier molecular flexibility index (Phi) is 7.65. The molecule has 4 rings (SSSR count). The lowest BCUT2D eigenvalue weighted by Crippen LogP contribution is -2.45. The van der Waals surface area contributed by atoms with Crippen LogP contribution in [-0.4, -0.2) is 62.8 Å². The normalized spacial score (nSPS) is 18.3. The van der Waals surface area contributed by atoms with Crippen molar-refractivity contribution in [3.8, 4) is 0 Å². The smallest absolute Gasteiger partial charge is 0.240 e. The standard InChI is InChI=1S/C25H33N3O4S/c29-24(27-17-12-21(13-18-27)25(30)28-15-5-1-2-6-16-28)11-14-26-33(31,32)23-10-9-20-7-3-4-8-22(20)19-23/h3-4,7-10,19,21,26H,1-2,5-6,11-18H2. The number of sulfonamides is 1. The number of amides is 2.